The zero-order valence-electron chi connectivity index (χ0n) is 9.49. The zero-order chi connectivity index (χ0) is 11.1. The van der Waals surface area contributed by atoms with Crippen LogP contribution in [0.3, 0.4) is 0 Å². The number of thioether (sulfide) groups is 1. The summed E-state index contributed by atoms with van der Waals surface area (Å²) in [5.74, 6) is 0.973. The van der Waals surface area contributed by atoms with Crippen LogP contribution in [0, 0.1) is 0 Å². The van der Waals surface area contributed by atoms with Crippen molar-refractivity contribution in [2.24, 2.45) is 0 Å². The lowest BCUT2D eigenvalue weighted by molar-refractivity contribution is 0.588. The number of hydrogen-bond donors (Lipinski definition) is 1. The van der Waals surface area contributed by atoms with E-state index in [9.17, 15) is 0 Å². The summed E-state index contributed by atoms with van der Waals surface area (Å²) in [5, 5.41) is 3.42. The van der Waals surface area contributed by atoms with Crippen LogP contribution >= 0.6 is 11.8 Å². The van der Waals surface area contributed by atoms with Gasteiger partial charge in [-0.15, -0.1) is 18.3 Å². The van der Waals surface area contributed by atoms with Gasteiger partial charge in [0.25, 0.3) is 0 Å². The monoisotopic (exact) mass is 221 g/mol. The Morgan fingerprint density at radius 2 is 2.27 bits per heavy atom. The predicted octanol–water partition coefficient (Wildman–Crippen LogP) is 3.46. The third kappa shape index (κ3) is 5.05. The van der Waals surface area contributed by atoms with Crippen molar-refractivity contribution < 1.29 is 0 Å². The molecule has 0 aliphatic heterocycles. The minimum absolute atomic E-state index is 0.537. The second kappa shape index (κ2) is 6.70. The van der Waals surface area contributed by atoms with Gasteiger partial charge in [-0.1, -0.05) is 32.1 Å². The van der Waals surface area contributed by atoms with Crippen LogP contribution < -0.4 is 5.32 Å². The van der Waals surface area contributed by atoms with Crippen LogP contribution in [-0.4, -0.2) is 11.8 Å². The van der Waals surface area contributed by atoms with Crippen LogP contribution in [0.25, 0.3) is 0 Å². The lowest BCUT2D eigenvalue weighted by Gasteiger charge is -2.08. The molecule has 0 fully saturated rings. The van der Waals surface area contributed by atoms with Crippen molar-refractivity contribution in [2.75, 3.05) is 5.75 Å². The van der Waals surface area contributed by atoms with Crippen molar-refractivity contribution in [1.82, 2.24) is 5.32 Å². The summed E-state index contributed by atoms with van der Waals surface area (Å²) in [4.78, 5) is 1.32. The molecule has 0 unspecified atom stereocenters. The summed E-state index contributed by atoms with van der Waals surface area (Å²) >= 11 is 1.82. The van der Waals surface area contributed by atoms with E-state index < -0.39 is 0 Å². The third-order valence-electron chi connectivity index (χ3n) is 1.98. The summed E-state index contributed by atoms with van der Waals surface area (Å²) in [6.07, 6.45) is 1.93. The van der Waals surface area contributed by atoms with Crippen LogP contribution in [0.4, 0.5) is 0 Å². The fraction of sp³-hybridized carbons (Fsp3) is 0.385. The molecule has 1 N–H and O–H groups in total. The van der Waals surface area contributed by atoms with E-state index in [1.807, 2.05) is 17.8 Å². The summed E-state index contributed by atoms with van der Waals surface area (Å²) < 4.78 is 0. The molecule has 1 nitrogen and oxygen atoms in total. The van der Waals surface area contributed by atoms with Gasteiger partial charge >= 0.3 is 0 Å². The minimum atomic E-state index is 0.537. The topological polar surface area (TPSA) is 12.0 Å². The van der Waals surface area contributed by atoms with Gasteiger partial charge in [0, 0.05) is 23.2 Å². The Morgan fingerprint density at radius 3 is 2.93 bits per heavy atom. The van der Waals surface area contributed by atoms with Crippen molar-refractivity contribution in [3.05, 3.63) is 42.5 Å². The van der Waals surface area contributed by atoms with Crippen molar-refractivity contribution >= 4 is 11.8 Å². The predicted molar refractivity (Wildman–Crippen MR) is 69.3 cm³/mol. The third-order valence-corrected chi connectivity index (χ3v) is 2.97. The van der Waals surface area contributed by atoms with Crippen molar-refractivity contribution in [3.63, 3.8) is 0 Å². The van der Waals surface area contributed by atoms with Crippen LogP contribution in [-0.2, 0) is 6.54 Å². The Hall–Kier alpha value is -0.730. The van der Waals surface area contributed by atoms with E-state index in [2.05, 4.69) is 50.0 Å². The summed E-state index contributed by atoms with van der Waals surface area (Å²) in [6.45, 7) is 9.00. The average molecular weight is 221 g/mol. The first-order valence-electron chi connectivity index (χ1n) is 5.28. The van der Waals surface area contributed by atoms with Crippen molar-refractivity contribution in [2.45, 2.75) is 31.3 Å². The molecule has 0 aromatic heterocycles. The Bertz CT molecular complexity index is 307. The van der Waals surface area contributed by atoms with Crippen LogP contribution in [0.1, 0.15) is 19.4 Å². The van der Waals surface area contributed by atoms with Gasteiger partial charge in [0.1, 0.15) is 0 Å². The molecule has 0 spiro atoms. The highest BCUT2D eigenvalue weighted by atomic mass is 32.2. The first kappa shape index (κ1) is 12.3. The zero-order valence-corrected chi connectivity index (χ0v) is 10.3. The Kier molecular flexibility index (Phi) is 5.51. The average Bonchev–Trinajstić information content (AvgIpc) is 2.24. The molecule has 1 aromatic rings. The first-order valence-corrected chi connectivity index (χ1v) is 6.27. The fourth-order valence-electron chi connectivity index (χ4n) is 1.22. The Morgan fingerprint density at radius 1 is 1.47 bits per heavy atom. The van der Waals surface area contributed by atoms with Gasteiger partial charge in [0.05, 0.1) is 0 Å². The molecular weight excluding hydrogens is 202 g/mol. The molecule has 82 valence electrons. The molecule has 2 heteroatoms. The number of nitrogens with one attached hydrogen (secondary N) is 1. The van der Waals surface area contributed by atoms with Crippen LogP contribution in [0.5, 0.6) is 0 Å². The van der Waals surface area contributed by atoms with E-state index in [4.69, 9.17) is 0 Å². The van der Waals surface area contributed by atoms with Crippen molar-refractivity contribution in [1.29, 1.82) is 0 Å². The molecule has 15 heavy (non-hydrogen) atoms. The maximum absolute atomic E-state index is 3.72. The molecule has 0 amide bonds. The molecule has 1 aromatic carbocycles. The maximum Gasteiger partial charge on any atom is 0.0208 e. The highest BCUT2D eigenvalue weighted by Crippen LogP contribution is 2.18. The summed E-state index contributed by atoms with van der Waals surface area (Å²) in [7, 11) is 0. The van der Waals surface area contributed by atoms with E-state index in [1.54, 1.807) is 0 Å². The van der Waals surface area contributed by atoms with E-state index in [0.717, 1.165) is 12.3 Å². The molecule has 0 aliphatic carbocycles. The second-order valence-corrected chi connectivity index (χ2v) is 4.88. The second-order valence-electron chi connectivity index (χ2n) is 3.78. The van der Waals surface area contributed by atoms with E-state index in [1.165, 1.54) is 10.5 Å². The molecule has 1 rings (SSSR count). The van der Waals surface area contributed by atoms with Gasteiger partial charge < -0.3 is 5.32 Å². The summed E-state index contributed by atoms with van der Waals surface area (Å²) in [6, 6.07) is 9.20. The quantitative estimate of drug-likeness (QED) is 0.583. The van der Waals surface area contributed by atoms with Gasteiger partial charge in [0.2, 0.25) is 0 Å². The van der Waals surface area contributed by atoms with Gasteiger partial charge in [-0.2, -0.15) is 0 Å². The van der Waals surface area contributed by atoms with E-state index >= 15 is 0 Å². The van der Waals surface area contributed by atoms with Gasteiger partial charge in [0.15, 0.2) is 0 Å². The normalized spacial score (nSPS) is 10.6. The Balaban J connectivity index is 2.53. The Labute approximate surface area is 97.0 Å². The minimum Gasteiger partial charge on any atom is -0.310 e. The molecule has 0 bridgehead atoms. The molecular formula is C13H19NS. The smallest absolute Gasteiger partial charge is 0.0208 e. The highest BCUT2D eigenvalue weighted by molar-refractivity contribution is 7.99. The molecule has 0 atom stereocenters. The van der Waals surface area contributed by atoms with E-state index in [-0.39, 0.29) is 0 Å². The van der Waals surface area contributed by atoms with Crippen molar-refractivity contribution in [3.8, 4) is 0 Å². The largest absolute Gasteiger partial charge is 0.310 e. The highest BCUT2D eigenvalue weighted by Gasteiger charge is 1.97. The number of rotatable bonds is 6. The number of hydrogen-bond acceptors (Lipinski definition) is 2. The SMILES string of the molecule is C=CCSc1cccc(CNC(C)C)c1. The van der Waals surface area contributed by atoms with Gasteiger partial charge in [-0.25, -0.2) is 0 Å². The van der Waals surface area contributed by atoms with E-state index in [0.29, 0.717) is 6.04 Å². The molecule has 0 saturated heterocycles. The first-order chi connectivity index (χ1) is 7.22. The standard InChI is InChI=1S/C13H19NS/c1-4-8-15-13-7-5-6-12(9-13)10-14-11(2)3/h4-7,9,11,14H,1,8,10H2,2-3H3. The van der Waals surface area contributed by atoms with Gasteiger partial charge in [-0.05, 0) is 17.7 Å². The molecule has 0 saturated carbocycles. The van der Waals surface area contributed by atoms with Crippen LogP contribution in [0.15, 0.2) is 41.8 Å². The maximum atomic E-state index is 3.72. The lowest BCUT2D eigenvalue weighted by atomic mass is 10.2. The van der Waals surface area contributed by atoms with Gasteiger partial charge in [-0.3, -0.25) is 0 Å². The molecule has 0 heterocycles. The fourth-order valence-corrected chi connectivity index (χ4v) is 1.94. The molecule has 0 aliphatic rings. The number of benzene rings is 1. The lowest BCUT2D eigenvalue weighted by Crippen LogP contribution is -2.21. The molecule has 0 radical (unpaired) electrons. The van der Waals surface area contributed by atoms with Crippen LogP contribution in [0.2, 0.25) is 0 Å². The summed E-state index contributed by atoms with van der Waals surface area (Å²) in [5.41, 5.74) is 1.35.